The average molecular weight is 263 g/mol. The molecular weight excluding hydrogens is 250 g/mol. The summed E-state index contributed by atoms with van der Waals surface area (Å²) in [6, 6.07) is 0. The summed E-state index contributed by atoms with van der Waals surface area (Å²) < 4.78 is 0. The van der Waals surface area contributed by atoms with E-state index in [0.717, 1.165) is 11.6 Å². The van der Waals surface area contributed by atoms with Gasteiger partial charge in [0, 0.05) is 18.1 Å². The fourth-order valence-electron chi connectivity index (χ4n) is 1.30. The van der Waals surface area contributed by atoms with Gasteiger partial charge in [0.25, 0.3) is 5.91 Å². The minimum atomic E-state index is -0.249. The molecule has 2 aromatic heterocycles. The highest BCUT2D eigenvalue weighted by atomic mass is 32.1. The van der Waals surface area contributed by atoms with Gasteiger partial charge in [-0.3, -0.25) is 4.79 Å². The predicted octanol–water partition coefficient (Wildman–Crippen LogP) is 1.29. The van der Waals surface area contributed by atoms with E-state index in [1.54, 1.807) is 12.4 Å². The quantitative estimate of drug-likeness (QED) is 0.849. The maximum Gasteiger partial charge on any atom is 0.271 e. The van der Waals surface area contributed by atoms with Gasteiger partial charge in [0.2, 0.25) is 0 Å². The Balaban J connectivity index is 1.92. The van der Waals surface area contributed by atoms with Gasteiger partial charge in [-0.05, 0) is 6.92 Å². The van der Waals surface area contributed by atoms with E-state index in [1.807, 2.05) is 12.3 Å². The van der Waals surface area contributed by atoms with E-state index >= 15 is 0 Å². The summed E-state index contributed by atoms with van der Waals surface area (Å²) in [5.74, 6) is 0.412. The van der Waals surface area contributed by atoms with Gasteiger partial charge < -0.3 is 10.6 Å². The number of amides is 1. The van der Waals surface area contributed by atoms with Gasteiger partial charge >= 0.3 is 0 Å². The molecule has 2 N–H and O–H groups in total. The first-order valence-corrected chi connectivity index (χ1v) is 6.40. The fraction of sp³-hybridized carbons (Fsp3) is 0.273. The summed E-state index contributed by atoms with van der Waals surface area (Å²) in [5, 5.41) is 8.48. The molecule has 2 aromatic rings. The Morgan fingerprint density at radius 3 is 2.83 bits per heavy atom. The maximum absolute atomic E-state index is 11.8. The predicted molar refractivity (Wildman–Crippen MR) is 69.5 cm³/mol. The number of anilines is 1. The second-order valence-electron chi connectivity index (χ2n) is 3.43. The summed E-state index contributed by atoms with van der Waals surface area (Å²) in [4.78, 5) is 24.0. The van der Waals surface area contributed by atoms with Crippen LogP contribution in [0.3, 0.4) is 0 Å². The van der Waals surface area contributed by atoms with Gasteiger partial charge in [-0.25, -0.2) is 15.0 Å². The molecule has 0 aromatic carbocycles. The first-order valence-electron chi connectivity index (χ1n) is 5.52. The molecule has 0 spiro atoms. The number of thiazole rings is 1. The smallest absolute Gasteiger partial charge is 0.271 e. The molecule has 1 amide bonds. The molecule has 2 heterocycles. The van der Waals surface area contributed by atoms with Crippen molar-refractivity contribution in [2.75, 3.05) is 11.9 Å². The lowest BCUT2D eigenvalue weighted by Gasteiger charge is -2.04. The highest BCUT2D eigenvalue weighted by molar-refractivity contribution is 7.09. The van der Waals surface area contributed by atoms with E-state index in [4.69, 9.17) is 0 Å². The number of aromatic nitrogens is 3. The van der Waals surface area contributed by atoms with Crippen molar-refractivity contribution in [1.82, 2.24) is 20.3 Å². The van der Waals surface area contributed by atoms with Crippen LogP contribution in [0, 0.1) is 0 Å². The Labute approximate surface area is 109 Å². The SMILES string of the molecule is CCNc1cnc(C(=O)NCc2nccs2)cn1. The Kier molecular flexibility index (Phi) is 4.19. The van der Waals surface area contributed by atoms with E-state index in [-0.39, 0.29) is 5.91 Å². The van der Waals surface area contributed by atoms with Gasteiger partial charge in [0.15, 0.2) is 0 Å². The minimum Gasteiger partial charge on any atom is -0.369 e. The highest BCUT2D eigenvalue weighted by Gasteiger charge is 2.08. The van der Waals surface area contributed by atoms with Crippen LogP contribution in [-0.2, 0) is 6.54 Å². The Morgan fingerprint density at radius 1 is 1.33 bits per heavy atom. The first-order chi connectivity index (χ1) is 8.79. The fourth-order valence-corrected chi connectivity index (χ4v) is 1.86. The van der Waals surface area contributed by atoms with Crippen LogP contribution in [0.25, 0.3) is 0 Å². The Morgan fingerprint density at radius 2 is 2.22 bits per heavy atom. The van der Waals surface area contributed by atoms with E-state index < -0.39 is 0 Å². The lowest BCUT2D eigenvalue weighted by Crippen LogP contribution is -2.24. The molecule has 0 aliphatic carbocycles. The van der Waals surface area contributed by atoms with Crippen LogP contribution in [0.5, 0.6) is 0 Å². The molecule has 0 bridgehead atoms. The van der Waals surface area contributed by atoms with E-state index in [0.29, 0.717) is 18.1 Å². The minimum absolute atomic E-state index is 0.249. The molecule has 0 atom stereocenters. The molecular formula is C11H13N5OS. The van der Waals surface area contributed by atoms with Gasteiger partial charge in [-0.15, -0.1) is 11.3 Å². The van der Waals surface area contributed by atoms with Crippen LogP contribution in [0.1, 0.15) is 22.4 Å². The van der Waals surface area contributed by atoms with Gasteiger partial charge in [-0.1, -0.05) is 0 Å². The molecule has 0 saturated heterocycles. The van der Waals surface area contributed by atoms with E-state index in [1.165, 1.54) is 17.5 Å². The molecule has 0 radical (unpaired) electrons. The third-order valence-corrected chi connectivity index (χ3v) is 2.91. The largest absolute Gasteiger partial charge is 0.369 e. The lowest BCUT2D eigenvalue weighted by atomic mass is 10.4. The molecule has 0 aliphatic rings. The van der Waals surface area contributed by atoms with Crippen molar-refractivity contribution in [1.29, 1.82) is 0 Å². The van der Waals surface area contributed by atoms with Crippen molar-refractivity contribution in [3.8, 4) is 0 Å². The van der Waals surface area contributed by atoms with Crippen LogP contribution >= 0.6 is 11.3 Å². The normalized spacial score (nSPS) is 10.1. The Hall–Kier alpha value is -2.02. The molecule has 0 unspecified atom stereocenters. The second-order valence-corrected chi connectivity index (χ2v) is 4.40. The lowest BCUT2D eigenvalue weighted by molar-refractivity contribution is 0.0945. The number of nitrogens with zero attached hydrogens (tertiary/aromatic N) is 3. The summed E-state index contributed by atoms with van der Waals surface area (Å²) in [5.41, 5.74) is 0.299. The van der Waals surface area contributed by atoms with Crippen LogP contribution in [0.15, 0.2) is 24.0 Å². The van der Waals surface area contributed by atoms with Crippen molar-refractivity contribution in [2.24, 2.45) is 0 Å². The molecule has 2 rings (SSSR count). The molecule has 0 saturated carbocycles. The number of nitrogens with one attached hydrogen (secondary N) is 2. The monoisotopic (exact) mass is 263 g/mol. The maximum atomic E-state index is 11.8. The highest BCUT2D eigenvalue weighted by Crippen LogP contribution is 2.04. The van der Waals surface area contributed by atoms with Crippen molar-refractivity contribution in [2.45, 2.75) is 13.5 Å². The van der Waals surface area contributed by atoms with Crippen molar-refractivity contribution in [3.05, 3.63) is 34.7 Å². The summed E-state index contributed by atoms with van der Waals surface area (Å²) in [7, 11) is 0. The number of carbonyl (C=O) groups excluding carboxylic acids is 1. The van der Waals surface area contributed by atoms with Crippen molar-refractivity contribution in [3.63, 3.8) is 0 Å². The number of hydrogen-bond donors (Lipinski definition) is 2. The number of carbonyl (C=O) groups is 1. The molecule has 7 heteroatoms. The van der Waals surface area contributed by atoms with Crippen molar-refractivity contribution >= 4 is 23.1 Å². The Bertz CT molecular complexity index is 497. The standard InChI is InChI=1S/C11H13N5OS/c1-2-12-9-6-14-8(5-15-9)11(17)16-7-10-13-3-4-18-10/h3-6H,2,7H2,1H3,(H,12,15)(H,16,17). The topological polar surface area (TPSA) is 79.8 Å². The summed E-state index contributed by atoms with van der Waals surface area (Å²) in [6.07, 6.45) is 4.70. The van der Waals surface area contributed by atoms with Crippen LogP contribution in [0.2, 0.25) is 0 Å². The van der Waals surface area contributed by atoms with E-state index in [2.05, 4.69) is 25.6 Å². The van der Waals surface area contributed by atoms with Crippen molar-refractivity contribution < 1.29 is 4.79 Å². The molecule has 18 heavy (non-hydrogen) atoms. The third kappa shape index (κ3) is 3.24. The zero-order chi connectivity index (χ0) is 12.8. The number of rotatable bonds is 5. The molecule has 94 valence electrons. The van der Waals surface area contributed by atoms with Gasteiger partial charge in [-0.2, -0.15) is 0 Å². The molecule has 0 fully saturated rings. The van der Waals surface area contributed by atoms with Gasteiger partial charge in [0.05, 0.1) is 18.9 Å². The van der Waals surface area contributed by atoms with Gasteiger partial charge in [0.1, 0.15) is 16.5 Å². The van der Waals surface area contributed by atoms with Crippen LogP contribution < -0.4 is 10.6 Å². The van der Waals surface area contributed by atoms with Crippen LogP contribution in [0.4, 0.5) is 5.82 Å². The van der Waals surface area contributed by atoms with Crippen LogP contribution in [-0.4, -0.2) is 27.4 Å². The zero-order valence-corrected chi connectivity index (χ0v) is 10.7. The summed E-state index contributed by atoms with van der Waals surface area (Å²) in [6.45, 7) is 3.15. The molecule has 0 aliphatic heterocycles. The van der Waals surface area contributed by atoms with E-state index in [9.17, 15) is 4.79 Å². The molecule has 6 nitrogen and oxygen atoms in total. The zero-order valence-electron chi connectivity index (χ0n) is 9.88. The average Bonchev–Trinajstić information content (AvgIpc) is 2.90. The first kappa shape index (κ1) is 12.4. The third-order valence-electron chi connectivity index (χ3n) is 2.13. The second kappa shape index (κ2) is 6.06. The number of hydrogen-bond acceptors (Lipinski definition) is 6. The summed E-state index contributed by atoms with van der Waals surface area (Å²) >= 11 is 1.50.